The van der Waals surface area contributed by atoms with E-state index in [1.807, 2.05) is 32.1 Å². The molecule has 1 amide bonds. The minimum absolute atomic E-state index is 0.173. The van der Waals surface area contributed by atoms with Gasteiger partial charge in [-0.25, -0.2) is 0 Å². The second-order valence-corrected chi connectivity index (χ2v) is 9.46. The van der Waals surface area contributed by atoms with Crippen LogP contribution in [0, 0.1) is 11.3 Å². The predicted molar refractivity (Wildman–Crippen MR) is 129 cm³/mol. The molecule has 0 unspecified atom stereocenters. The third-order valence-corrected chi connectivity index (χ3v) is 6.03. The molecule has 1 N–H and O–H groups in total. The lowest BCUT2D eigenvalue weighted by atomic mass is 9.93. The van der Waals surface area contributed by atoms with Gasteiger partial charge in [-0.2, -0.15) is 23.2 Å². The highest BCUT2D eigenvalue weighted by atomic mass is 19.4. The normalized spacial score (nSPS) is 14.1. The van der Waals surface area contributed by atoms with Crippen molar-refractivity contribution in [2.24, 2.45) is 7.05 Å². The number of alkyl halides is 3. The number of aromatic nitrogens is 5. The highest BCUT2D eigenvalue weighted by Crippen LogP contribution is 2.41. The summed E-state index contributed by atoms with van der Waals surface area (Å²) in [4.78, 5) is 14.6. The van der Waals surface area contributed by atoms with E-state index in [0.29, 0.717) is 30.1 Å². The van der Waals surface area contributed by atoms with Crippen LogP contribution in [0.1, 0.15) is 48.8 Å². The molecule has 4 rings (SSSR count). The summed E-state index contributed by atoms with van der Waals surface area (Å²) in [5, 5.41) is 24.0. The highest BCUT2D eigenvalue weighted by molar-refractivity contribution is 5.97. The molecule has 0 radical (unpaired) electrons. The van der Waals surface area contributed by atoms with Gasteiger partial charge in [0.25, 0.3) is 5.91 Å². The van der Waals surface area contributed by atoms with Gasteiger partial charge in [-0.3, -0.25) is 4.79 Å². The number of nitriles is 1. The van der Waals surface area contributed by atoms with E-state index in [1.54, 1.807) is 30.9 Å². The number of hydrogen-bond acceptors (Lipinski definition) is 6. The van der Waals surface area contributed by atoms with E-state index in [-0.39, 0.29) is 5.69 Å². The lowest BCUT2D eigenvalue weighted by molar-refractivity contribution is -0.143. The summed E-state index contributed by atoms with van der Waals surface area (Å²) in [6.07, 6.45) is -3.63. The maximum absolute atomic E-state index is 13.3. The molecule has 194 valence electrons. The number of nitrogens with zero attached hydrogens (tertiary/aromatic N) is 6. The maximum atomic E-state index is 13.3. The molecule has 1 atom stereocenters. The number of benzene rings is 1. The maximum Gasteiger partial charge on any atom is 0.392 e. The number of amides is 1. The molecule has 12 heteroatoms. The fraction of sp³-hybridized carbons (Fsp3) is 0.400. The number of fused-ring (bicyclic) bond motifs is 3. The summed E-state index contributed by atoms with van der Waals surface area (Å²) in [7, 11) is 3.20. The molecule has 3 aromatic rings. The Labute approximate surface area is 211 Å². The van der Waals surface area contributed by atoms with Crippen molar-refractivity contribution in [2.45, 2.75) is 51.9 Å². The van der Waals surface area contributed by atoms with Crippen molar-refractivity contribution < 1.29 is 22.7 Å². The average Bonchev–Trinajstić information content (AvgIpc) is 3.40. The standard InChI is InChI=1S/C25H26F3N7O2/c1-14(2)8-16-9-19(23(36)30-24(3,13-29)12-25(26,27)28)35-7-6-15-10-20(37-5)18(11-17(15)21(16)35)22-31-33-34(4)32-22/h8-11H,6-7,12H2,1-5H3,(H,30,36)/t24-/m0/s1. The number of tetrazole rings is 1. The van der Waals surface area contributed by atoms with Gasteiger partial charge in [-0.15, -0.1) is 10.2 Å². The fourth-order valence-corrected chi connectivity index (χ4v) is 4.56. The zero-order valence-electron chi connectivity index (χ0n) is 21.1. The van der Waals surface area contributed by atoms with Gasteiger partial charge in [-0.05, 0) is 56.2 Å². The average molecular weight is 514 g/mol. The fourth-order valence-electron chi connectivity index (χ4n) is 4.56. The lowest BCUT2D eigenvalue weighted by Gasteiger charge is -2.26. The Morgan fingerprint density at radius 2 is 2.00 bits per heavy atom. The molecule has 9 nitrogen and oxygen atoms in total. The Kier molecular flexibility index (Phi) is 6.58. The zero-order chi connectivity index (χ0) is 27.1. The third-order valence-electron chi connectivity index (χ3n) is 6.03. The van der Waals surface area contributed by atoms with Crippen molar-refractivity contribution in [3.05, 3.63) is 40.6 Å². The van der Waals surface area contributed by atoms with E-state index >= 15 is 0 Å². The van der Waals surface area contributed by atoms with Crippen LogP contribution in [0.15, 0.2) is 23.8 Å². The molecule has 1 aromatic carbocycles. The number of ether oxygens (including phenoxy) is 1. The topological polar surface area (TPSA) is 111 Å². The van der Waals surface area contributed by atoms with Gasteiger partial charge in [0.05, 0.1) is 37.9 Å². The summed E-state index contributed by atoms with van der Waals surface area (Å²) in [6, 6.07) is 7.02. The van der Waals surface area contributed by atoms with Crippen LogP contribution in [-0.2, 0) is 20.0 Å². The molecule has 1 aliphatic heterocycles. The third kappa shape index (κ3) is 5.21. The number of aryl methyl sites for hydroxylation is 2. The van der Waals surface area contributed by atoms with Crippen LogP contribution in [0.2, 0.25) is 0 Å². The summed E-state index contributed by atoms with van der Waals surface area (Å²) in [5.74, 6) is 0.186. The van der Waals surface area contributed by atoms with E-state index in [2.05, 4.69) is 20.7 Å². The zero-order valence-corrected chi connectivity index (χ0v) is 21.1. The van der Waals surface area contributed by atoms with Crippen LogP contribution in [0.5, 0.6) is 5.75 Å². The summed E-state index contributed by atoms with van der Waals surface area (Å²) >= 11 is 0. The second kappa shape index (κ2) is 9.38. The van der Waals surface area contributed by atoms with Crippen molar-refractivity contribution in [3.63, 3.8) is 0 Å². The van der Waals surface area contributed by atoms with E-state index in [9.17, 15) is 23.2 Å². The van der Waals surface area contributed by atoms with Crippen molar-refractivity contribution in [1.82, 2.24) is 30.1 Å². The van der Waals surface area contributed by atoms with Crippen LogP contribution in [0.25, 0.3) is 28.7 Å². The number of carbonyl (C=O) groups excluding carboxylic acids is 1. The molecular formula is C25H26F3N7O2. The van der Waals surface area contributed by atoms with E-state index in [0.717, 1.165) is 34.9 Å². The van der Waals surface area contributed by atoms with Crippen molar-refractivity contribution in [1.29, 1.82) is 5.26 Å². The molecule has 0 bridgehead atoms. The van der Waals surface area contributed by atoms with Crippen LogP contribution < -0.4 is 10.1 Å². The number of methoxy groups -OCH3 is 1. The minimum atomic E-state index is -4.62. The SMILES string of the molecule is COc1cc2c(cc1-c1nnn(C)n1)-c1c(C=C(C)C)cc(C(=O)N[C@](C)(C#N)CC(F)(F)F)n1CC2. The Morgan fingerprint density at radius 3 is 2.57 bits per heavy atom. The quantitative estimate of drug-likeness (QED) is 0.526. The molecule has 3 heterocycles. The molecular weight excluding hydrogens is 487 g/mol. The highest BCUT2D eigenvalue weighted by Gasteiger charge is 2.41. The summed E-state index contributed by atoms with van der Waals surface area (Å²) < 4.78 is 46.6. The largest absolute Gasteiger partial charge is 0.496 e. The van der Waals surface area contributed by atoms with Crippen molar-refractivity contribution in [3.8, 4) is 34.5 Å². The number of rotatable bonds is 6. The van der Waals surface area contributed by atoms with Crippen LogP contribution >= 0.6 is 0 Å². The first kappa shape index (κ1) is 25.9. The van der Waals surface area contributed by atoms with Gasteiger partial charge in [0.1, 0.15) is 17.0 Å². The first-order valence-electron chi connectivity index (χ1n) is 11.5. The van der Waals surface area contributed by atoms with Crippen LogP contribution in [0.3, 0.4) is 0 Å². The van der Waals surface area contributed by atoms with Gasteiger partial charge < -0.3 is 14.6 Å². The first-order chi connectivity index (χ1) is 17.3. The van der Waals surface area contributed by atoms with Crippen molar-refractivity contribution >= 4 is 12.0 Å². The molecule has 0 aliphatic carbocycles. The summed E-state index contributed by atoms with van der Waals surface area (Å²) in [6.45, 7) is 5.30. The van der Waals surface area contributed by atoms with E-state index in [4.69, 9.17) is 4.74 Å². The van der Waals surface area contributed by atoms with E-state index < -0.39 is 24.0 Å². The molecule has 0 saturated heterocycles. The lowest BCUT2D eigenvalue weighted by Crippen LogP contribution is -2.48. The Bertz CT molecular complexity index is 1440. The molecule has 0 spiro atoms. The van der Waals surface area contributed by atoms with Crippen LogP contribution in [-0.4, -0.2) is 49.5 Å². The predicted octanol–water partition coefficient (Wildman–Crippen LogP) is 4.30. The molecule has 37 heavy (non-hydrogen) atoms. The number of nitrogens with one attached hydrogen (secondary N) is 1. The number of hydrogen-bond donors (Lipinski definition) is 1. The molecule has 2 aromatic heterocycles. The van der Waals surface area contributed by atoms with Gasteiger partial charge in [-0.1, -0.05) is 11.6 Å². The smallest absolute Gasteiger partial charge is 0.392 e. The first-order valence-corrected chi connectivity index (χ1v) is 11.5. The minimum Gasteiger partial charge on any atom is -0.496 e. The van der Waals surface area contributed by atoms with E-state index in [1.165, 1.54) is 4.80 Å². The monoisotopic (exact) mass is 513 g/mol. The van der Waals surface area contributed by atoms with Gasteiger partial charge in [0.2, 0.25) is 5.82 Å². The number of carbonyl (C=O) groups is 1. The Balaban J connectivity index is 1.86. The van der Waals surface area contributed by atoms with Crippen molar-refractivity contribution in [2.75, 3.05) is 7.11 Å². The number of halogens is 3. The molecule has 0 fully saturated rings. The van der Waals surface area contributed by atoms with Crippen LogP contribution in [0.4, 0.5) is 13.2 Å². The second-order valence-electron chi connectivity index (χ2n) is 9.46. The summed E-state index contributed by atoms with van der Waals surface area (Å²) in [5.41, 5.74) is 2.90. The Hall–Kier alpha value is -4.14. The van der Waals surface area contributed by atoms with Gasteiger partial charge in [0.15, 0.2) is 0 Å². The molecule has 0 saturated carbocycles. The van der Waals surface area contributed by atoms with Gasteiger partial charge >= 0.3 is 6.18 Å². The molecule has 1 aliphatic rings. The Morgan fingerprint density at radius 1 is 1.27 bits per heavy atom. The van der Waals surface area contributed by atoms with Gasteiger partial charge in [0, 0.05) is 17.7 Å². The number of allylic oxidation sites excluding steroid dienone is 1.